The number of hydrogen-bond acceptors (Lipinski definition) is 4. The molecule has 0 fully saturated rings. The molecule has 0 atom stereocenters. The summed E-state index contributed by atoms with van der Waals surface area (Å²) in [6.45, 7) is 2.01. The molecule has 2 rings (SSSR count). The number of nitrogens with zero attached hydrogens (tertiary/aromatic N) is 2. The predicted octanol–water partition coefficient (Wildman–Crippen LogP) is 2.38. The molecule has 0 radical (unpaired) electrons. The predicted molar refractivity (Wildman–Crippen MR) is 97.1 cm³/mol. The third kappa shape index (κ3) is 5.66. The van der Waals surface area contributed by atoms with Gasteiger partial charge in [-0.05, 0) is 43.3 Å². The molecule has 2 amide bonds. The normalized spacial score (nSPS) is 9.80. The molecule has 25 heavy (non-hydrogen) atoms. The van der Waals surface area contributed by atoms with Crippen LogP contribution in [0.2, 0.25) is 0 Å². The topological polar surface area (TPSA) is 85.2 Å². The molecule has 0 aromatic heterocycles. The van der Waals surface area contributed by atoms with Crippen molar-refractivity contribution in [3.8, 4) is 6.07 Å². The van der Waals surface area contributed by atoms with Gasteiger partial charge in [0.2, 0.25) is 11.8 Å². The van der Waals surface area contributed by atoms with E-state index in [0.717, 1.165) is 11.3 Å². The fourth-order valence-corrected chi connectivity index (χ4v) is 2.12. The van der Waals surface area contributed by atoms with Crippen molar-refractivity contribution in [2.24, 2.45) is 0 Å². The zero-order valence-corrected chi connectivity index (χ0v) is 14.2. The highest BCUT2D eigenvalue weighted by atomic mass is 16.2. The van der Waals surface area contributed by atoms with Crippen LogP contribution >= 0.6 is 0 Å². The smallest absolute Gasteiger partial charge is 0.243 e. The van der Waals surface area contributed by atoms with E-state index in [4.69, 9.17) is 5.26 Å². The van der Waals surface area contributed by atoms with E-state index in [9.17, 15) is 9.59 Å². The maximum Gasteiger partial charge on any atom is 0.243 e. The van der Waals surface area contributed by atoms with E-state index in [0.29, 0.717) is 11.3 Å². The number of amides is 2. The van der Waals surface area contributed by atoms with Crippen LogP contribution in [0.15, 0.2) is 48.5 Å². The largest absolute Gasteiger partial charge is 0.376 e. The molecule has 2 aromatic carbocycles. The fraction of sp³-hybridized carbons (Fsp3) is 0.211. The third-order valence-electron chi connectivity index (χ3n) is 3.60. The van der Waals surface area contributed by atoms with Gasteiger partial charge in [-0.25, -0.2) is 0 Å². The molecular formula is C19H20N4O2. The summed E-state index contributed by atoms with van der Waals surface area (Å²) in [6, 6.07) is 16.3. The van der Waals surface area contributed by atoms with Gasteiger partial charge in [0.1, 0.15) is 0 Å². The minimum Gasteiger partial charge on any atom is -0.376 e. The van der Waals surface area contributed by atoms with Crippen molar-refractivity contribution in [3.05, 3.63) is 59.7 Å². The first-order valence-corrected chi connectivity index (χ1v) is 7.82. The molecule has 0 unspecified atom stereocenters. The monoisotopic (exact) mass is 336 g/mol. The third-order valence-corrected chi connectivity index (χ3v) is 3.60. The molecule has 0 saturated carbocycles. The van der Waals surface area contributed by atoms with Crippen LogP contribution in [0.4, 0.5) is 11.4 Å². The summed E-state index contributed by atoms with van der Waals surface area (Å²) in [5.74, 6) is -0.457. The summed E-state index contributed by atoms with van der Waals surface area (Å²) < 4.78 is 0. The summed E-state index contributed by atoms with van der Waals surface area (Å²) in [6.07, 6.45) is 0. The minimum absolute atomic E-state index is 0.0260. The Labute approximate surface area is 147 Å². The van der Waals surface area contributed by atoms with Crippen molar-refractivity contribution in [1.82, 2.24) is 4.90 Å². The highest BCUT2D eigenvalue weighted by Crippen LogP contribution is 2.09. The lowest BCUT2D eigenvalue weighted by Gasteiger charge is -2.17. The first kappa shape index (κ1) is 18.0. The lowest BCUT2D eigenvalue weighted by Crippen LogP contribution is -2.38. The van der Waals surface area contributed by atoms with E-state index < -0.39 is 0 Å². The summed E-state index contributed by atoms with van der Waals surface area (Å²) in [7, 11) is 1.58. The van der Waals surface area contributed by atoms with Crippen LogP contribution in [0.5, 0.6) is 0 Å². The SMILES string of the molecule is Cc1ccc(NC(=O)CN(C)C(=O)CNc2ccc(C#N)cc2)cc1. The molecule has 0 spiro atoms. The molecule has 0 saturated heterocycles. The number of rotatable bonds is 6. The van der Waals surface area contributed by atoms with Crippen LogP contribution in [0.25, 0.3) is 0 Å². The molecule has 0 aliphatic heterocycles. The Morgan fingerprint density at radius 3 is 2.24 bits per heavy atom. The van der Waals surface area contributed by atoms with Crippen molar-refractivity contribution >= 4 is 23.2 Å². The summed E-state index contributed by atoms with van der Waals surface area (Å²) in [4.78, 5) is 25.5. The lowest BCUT2D eigenvalue weighted by molar-refractivity contribution is -0.131. The van der Waals surface area contributed by atoms with Gasteiger partial charge in [0.25, 0.3) is 0 Å². The number of carbonyl (C=O) groups is 2. The van der Waals surface area contributed by atoms with Crippen LogP contribution in [0.3, 0.4) is 0 Å². The second kappa shape index (κ2) is 8.50. The highest BCUT2D eigenvalue weighted by molar-refractivity contribution is 5.95. The standard InChI is InChI=1S/C19H20N4O2/c1-14-3-7-17(8-4-14)22-18(24)13-23(2)19(25)12-21-16-9-5-15(11-20)6-10-16/h3-10,21H,12-13H2,1-2H3,(H,22,24). The molecule has 0 aliphatic carbocycles. The fourth-order valence-electron chi connectivity index (χ4n) is 2.12. The second-order valence-corrected chi connectivity index (χ2v) is 5.71. The average Bonchev–Trinajstić information content (AvgIpc) is 2.62. The number of nitriles is 1. The van der Waals surface area contributed by atoms with Gasteiger partial charge in [0.15, 0.2) is 0 Å². The lowest BCUT2D eigenvalue weighted by atomic mass is 10.2. The number of carbonyl (C=O) groups excluding carboxylic acids is 2. The first-order valence-electron chi connectivity index (χ1n) is 7.82. The van der Waals surface area contributed by atoms with E-state index in [2.05, 4.69) is 10.6 Å². The number of aryl methyl sites for hydroxylation is 1. The van der Waals surface area contributed by atoms with E-state index in [1.807, 2.05) is 37.3 Å². The molecule has 2 aromatic rings. The van der Waals surface area contributed by atoms with Crippen LogP contribution in [-0.2, 0) is 9.59 Å². The van der Waals surface area contributed by atoms with E-state index >= 15 is 0 Å². The molecule has 2 N–H and O–H groups in total. The van der Waals surface area contributed by atoms with E-state index in [1.54, 1.807) is 31.3 Å². The van der Waals surface area contributed by atoms with E-state index in [1.165, 1.54) is 4.90 Å². The number of benzene rings is 2. The Bertz CT molecular complexity index is 777. The van der Waals surface area contributed by atoms with Crippen LogP contribution in [-0.4, -0.2) is 36.9 Å². The number of nitrogens with one attached hydrogen (secondary N) is 2. The Kier molecular flexibility index (Phi) is 6.13. The summed E-state index contributed by atoms with van der Waals surface area (Å²) >= 11 is 0. The zero-order valence-electron chi connectivity index (χ0n) is 14.2. The van der Waals surface area contributed by atoms with Gasteiger partial charge >= 0.3 is 0 Å². The van der Waals surface area contributed by atoms with Gasteiger partial charge in [-0.15, -0.1) is 0 Å². The van der Waals surface area contributed by atoms with Crippen molar-refractivity contribution in [1.29, 1.82) is 5.26 Å². The molecule has 128 valence electrons. The quantitative estimate of drug-likeness (QED) is 0.848. The average molecular weight is 336 g/mol. The molecule has 0 aliphatic rings. The Morgan fingerprint density at radius 2 is 1.64 bits per heavy atom. The molecule has 0 bridgehead atoms. The first-order chi connectivity index (χ1) is 12.0. The molecule has 6 heteroatoms. The minimum atomic E-state index is -0.252. The van der Waals surface area contributed by atoms with Gasteiger partial charge in [-0.3, -0.25) is 9.59 Å². The van der Waals surface area contributed by atoms with Crippen LogP contribution in [0, 0.1) is 18.3 Å². The zero-order chi connectivity index (χ0) is 18.2. The Balaban J connectivity index is 1.79. The summed E-state index contributed by atoms with van der Waals surface area (Å²) in [5.41, 5.74) is 3.11. The van der Waals surface area contributed by atoms with Crippen LogP contribution in [0.1, 0.15) is 11.1 Å². The number of hydrogen-bond donors (Lipinski definition) is 2. The van der Waals surface area contributed by atoms with Crippen molar-refractivity contribution < 1.29 is 9.59 Å². The maximum absolute atomic E-state index is 12.1. The Morgan fingerprint density at radius 1 is 1.04 bits per heavy atom. The molecular weight excluding hydrogens is 316 g/mol. The van der Waals surface area contributed by atoms with Gasteiger partial charge in [0, 0.05) is 18.4 Å². The Hall–Kier alpha value is -3.33. The maximum atomic E-state index is 12.1. The van der Waals surface area contributed by atoms with Gasteiger partial charge in [-0.2, -0.15) is 5.26 Å². The van der Waals surface area contributed by atoms with Gasteiger partial charge in [-0.1, -0.05) is 17.7 Å². The van der Waals surface area contributed by atoms with Crippen molar-refractivity contribution in [2.45, 2.75) is 6.92 Å². The molecule has 6 nitrogen and oxygen atoms in total. The van der Waals surface area contributed by atoms with Gasteiger partial charge < -0.3 is 15.5 Å². The summed E-state index contributed by atoms with van der Waals surface area (Å²) in [5, 5.41) is 14.5. The van der Waals surface area contributed by atoms with Gasteiger partial charge in [0.05, 0.1) is 24.7 Å². The second-order valence-electron chi connectivity index (χ2n) is 5.71. The van der Waals surface area contributed by atoms with Crippen LogP contribution < -0.4 is 10.6 Å². The highest BCUT2D eigenvalue weighted by Gasteiger charge is 2.13. The van der Waals surface area contributed by atoms with Crippen molar-refractivity contribution in [2.75, 3.05) is 30.8 Å². The molecule has 0 heterocycles. The van der Waals surface area contributed by atoms with Crippen molar-refractivity contribution in [3.63, 3.8) is 0 Å². The van der Waals surface area contributed by atoms with E-state index in [-0.39, 0.29) is 24.9 Å². The number of anilines is 2. The number of likely N-dealkylation sites (N-methyl/N-ethyl adjacent to an activating group) is 1.